The standard InChI is InChI=1S/C16H25BrO8/c1-15(2,17)14(18)23-10-16(24-7-12-5-21-12,25-8-13-6-22-13)9-19-3-11-4-20-11/h11-13H,3-10H2,1-2H3. The largest absolute Gasteiger partial charge is 0.459 e. The van der Waals surface area contributed by atoms with Gasteiger partial charge in [0.25, 0.3) is 0 Å². The highest BCUT2D eigenvalue weighted by atomic mass is 79.9. The predicted octanol–water partition coefficient (Wildman–Crippen LogP) is 0.646. The van der Waals surface area contributed by atoms with Crippen molar-refractivity contribution in [3.05, 3.63) is 0 Å². The van der Waals surface area contributed by atoms with Gasteiger partial charge in [-0.25, -0.2) is 0 Å². The SMILES string of the molecule is CC(C)(Br)C(=O)OCC(COCC1CO1)(OCC1CO1)OCC1CO1. The summed E-state index contributed by atoms with van der Waals surface area (Å²) in [5.41, 5.74) is 0. The lowest BCUT2D eigenvalue weighted by molar-refractivity contribution is -0.282. The van der Waals surface area contributed by atoms with Crippen LogP contribution in [0.2, 0.25) is 0 Å². The summed E-state index contributed by atoms with van der Waals surface area (Å²) in [6.07, 6.45) is 0.228. The number of halogens is 1. The van der Waals surface area contributed by atoms with E-state index in [1.165, 1.54) is 0 Å². The maximum absolute atomic E-state index is 12.1. The molecule has 3 fully saturated rings. The van der Waals surface area contributed by atoms with E-state index in [2.05, 4.69) is 15.9 Å². The van der Waals surface area contributed by atoms with Crippen molar-refractivity contribution in [2.45, 2.75) is 42.3 Å². The molecule has 0 aromatic carbocycles. The fourth-order valence-electron chi connectivity index (χ4n) is 1.93. The Morgan fingerprint density at radius 3 is 1.88 bits per heavy atom. The molecule has 3 aliphatic rings. The molecule has 0 bridgehead atoms. The third kappa shape index (κ3) is 7.09. The van der Waals surface area contributed by atoms with Crippen LogP contribution in [-0.2, 0) is 38.0 Å². The molecule has 144 valence electrons. The molecule has 0 aromatic heterocycles. The van der Waals surface area contributed by atoms with E-state index in [1.807, 2.05) is 0 Å². The quantitative estimate of drug-likeness (QED) is 0.184. The van der Waals surface area contributed by atoms with E-state index in [1.54, 1.807) is 13.8 Å². The third-order valence-corrected chi connectivity index (χ3v) is 4.13. The first-order valence-corrected chi connectivity index (χ1v) is 9.22. The highest BCUT2D eigenvalue weighted by molar-refractivity contribution is 9.10. The molecule has 3 aliphatic heterocycles. The second kappa shape index (κ2) is 8.16. The molecular formula is C16H25BrO8. The Labute approximate surface area is 155 Å². The van der Waals surface area contributed by atoms with E-state index in [4.69, 9.17) is 33.2 Å². The number of rotatable bonds is 13. The number of hydrogen-bond donors (Lipinski definition) is 0. The van der Waals surface area contributed by atoms with Crippen LogP contribution in [0.15, 0.2) is 0 Å². The Morgan fingerprint density at radius 1 is 0.960 bits per heavy atom. The molecule has 0 spiro atoms. The molecule has 0 amide bonds. The van der Waals surface area contributed by atoms with E-state index in [0.29, 0.717) is 39.6 Å². The molecule has 3 unspecified atom stereocenters. The summed E-state index contributed by atoms with van der Waals surface area (Å²) >= 11 is 3.29. The van der Waals surface area contributed by atoms with E-state index in [9.17, 15) is 4.79 Å². The van der Waals surface area contributed by atoms with Crippen LogP contribution in [0.4, 0.5) is 0 Å². The minimum atomic E-state index is -1.19. The molecule has 8 nitrogen and oxygen atoms in total. The smallest absolute Gasteiger partial charge is 0.322 e. The molecule has 0 saturated carbocycles. The molecule has 0 aromatic rings. The molecule has 3 atom stereocenters. The van der Waals surface area contributed by atoms with Crippen molar-refractivity contribution in [2.24, 2.45) is 0 Å². The van der Waals surface area contributed by atoms with Crippen LogP contribution in [0.5, 0.6) is 0 Å². The van der Waals surface area contributed by atoms with Gasteiger partial charge in [0, 0.05) is 0 Å². The zero-order chi connectivity index (χ0) is 17.9. The number of hydrogen-bond acceptors (Lipinski definition) is 8. The summed E-state index contributed by atoms with van der Waals surface area (Å²) in [4.78, 5) is 12.1. The second-order valence-electron chi connectivity index (χ2n) is 6.96. The minimum Gasteiger partial charge on any atom is -0.459 e. The van der Waals surface area contributed by atoms with E-state index in [-0.39, 0.29) is 31.5 Å². The summed E-state index contributed by atoms with van der Waals surface area (Å²) in [7, 11) is 0. The van der Waals surface area contributed by atoms with Gasteiger partial charge in [-0.15, -0.1) is 0 Å². The zero-order valence-corrected chi connectivity index (χ0v) is 16.1. The number of carbonyl (C=O) groups is 1. The van der Waals surface area contributed by atoms with Gasteiger partial charge in [0.15, 0.2) is 0 Å². The third-order valence-electron chi connectivity index (χ3n) is 3.81. The van der Waals surface area contributed by atoms with E-state index >= 15 is 0 Å². The zero-order valence-electron chi connectivity index (χ0n) is 14.5. The molecule has 3 heterocycles. The number of alkyl halides is 1. The monoisotopic (exact) mass is 424 g/mol. The fourth-order valence-corrected chi connectivity index (χ4v) is 2.04. The first-order valence-electron chi connectivity index (χ1n) is 8.43. The first kappa shape index (κ1) is 19.5. The number of carbonyl (C=O) groups excluding carboxylic acids is 1. The highest BCUT2D eigenvalue weighted by Gasteiger charge is 2.41. The summed E-state index contributed by atoms with van der Waals surface area (Å²) < 4.78 is 37.7. The van der Waals surface area contributed by atoms with Gasteiger partial charge in [0.1, 0.15) is 35.8 Å². The first-order chi connectivity index (χ1) is 11.9. The molecule has 9 heteroatoms. The van der Waals surface area contributed by atoms with Crippen LogP contribution in [0, 0.1) is 0 Å². The molecular weight excluding hydrogens is 400 g/mol. The Morgan fingerprint density at radius 2 is 1.44 bits per heavy atom. The van der Waals surface area contributed by atoms with Crippen molar-refractivity contribution in [1.29, 1.82) is 0 Å². The van der Waals surface area contributed by atoms with Gasteiger partial charge < -0.3 is 33.2 Å². The number of esters is 1. The van der Waals surface area contributed by atoms with Crippen molar-refractivity contribution in [3.63, 3.8) is 0 Å². The number of ether oxygens (including phenoxy) is 7. The molecule has 0 radical (unpaired) electrons. The minimum absolute atomic E-state index is 0.0511. The Balaban J connectivity index is 1.58. The predicted molar refractivity (Wildman–Crippen MR) is 88.6 cm³/mol. The van der Waals surface area contributed by atoms with Gasteiger partial charge in [0.05, 0.1) is 39.6 Å². The topological polar surface area (TPSA) is 91.6 Å². The normalized spacial score (nSPS) is 29.8. The van der Waals surface area contributed by atoms with Crippen LogP contribution in [0.1, 0.15) is 13.8 Å². The molecule has 3 saturated heterocycles. The van der Waals surface area contributed by atoms with Gasteiger partial charge in [-0.3, -0.25) is 4.79 Å². The second-order valence-corrected chi connectivity index (χ2v) is 8.94. The van der Waals surface area contributed by atoms with E-state index < -0.39 is 16.1 Å². The van der Waals surface area contributed by atoms with Crippen LogP contribution in [0.3, 0.4) is 0 Å². The molecule has 0 aliphatic carbocycles. The summed E-state index contributed by atoms with van der Waals surface area (Å²) in [5.74, 6) is -1.60. The van der Waals surface area contributed by atoms with Crippen LogP contribution in [0.25, 0.3) is 0 Å². The maximum atomic E-state index is 12.1. The fraction of sp³-hybridized carbons (Fsp3) is 0.938. The Kier molecular flexibility index (Phi) is 6.36. The van der Waals surface area contributed by atoms with E-state index in [0.717, 1.165) is 0 Å². The molecule has 25 heavy (non-hydrogen) atoms. The Bertz CT molecular complexity index is 438. The molecule has 3 rings (SSSR count). The van der Waals surface area contributed by atoms with Gasteiger partial charge in [-0.1, -0.05) is 15.9 Å². The number of epoxide rings is 3. The summed E-state index contributed by atoms with van der Waals surface area (Å²) in [5, 5.41) is 0. The van der Waals surface area contributed by atoms with Crippen molar-refractivity contribution >= 4 is 21.9 Å². The molecule has 0 N–H and O–H groups in total. The lowest BCUT2D eigenvalue weighted by atomic mass is 10.2. The van der Waals surface area contributed by atoms with Crippen molar-refractivity contribution in [2.75, 3.05) is 52.9 Å². The lowest BCUT2D eigenvalue weighted by Gasteiger charge is -2.33. The average molecular weight is 425 g/mol. The maximum Gasteiger partial charge on any atom is 0.322 e. The van der Waals surface area contributed by atoms with Crippen LogP contribution >= 0.6 is 15.9 Å². The summed E-state index contributed by atoms with van der Waals surface area (Å²) in [6, 6.07) is 0. The van der Waals surface area contributed by atoms with Crippen molar-refractivity contribution < 1.29 is 38.0 Å². The van der Waals surface area contributed by atoms with Crippen LogP contribution < -0.4 is 0 Å². The Hall–Kier alpha value is -0.290. The van der Waals surface area contributed by atoms with Crippen LogP contribution in [-0.4, -0.2) is 87.2 Å². The van der Waals surface area contributed by atoms with Gasteiger partial charge in [-0.05, 0) is 13.8 Å². The summed E-state index contributed by atoms with van der Waals surface area (Å²) in [6.45, 7) is 6.66. The highest BCUT2D eigenvalue weighted by Crippen LogP contribution is 2.25. The van der Waals surface area contributed by atoms with Crippen molar-refractivity contribution in [1.82, 2.24) is 0 Å². The van der Waals surface area contributed by atoms with Gasteiger partial charge in [-0.2, -0.15) is 0 Å². The average Bonchev–Trinajstić information content (AvgIpc) is 3.40. The lowest BCUT2D eigenvalue weighted by Crippen LogP contribution is -2.48. The van der Waals surface area contributed by atoms with Gasteiger partial charge in [0.2, 0.25) is 5.79 Å². The van der Waals surface area contributed by atoms with Gasteiger partial charge >= 0.3 is 5.97 Å². The van der Waals surface area contributed by atoms with Crippen molar-refractivity contribution in [3.8, 4) is 0 Å².